The molecule has 2 aromatic rings. The number of amides is 3. The third kappa shape index (κ3) is 5.28. The third-order valence-corrected chi connectivity index (χ3v) is 4.28. The number of anilines is 2. The van der Waals surface area contributed by atoms with Crippen LogP contribution in [0, 0.1) is 0 Å². The van der Waals surface area contributed by atoms with Crippen molar-refractivity contribution in [2.45, 2.75) is 20.0 Å². The van der Waals surface area contributed by atoms with Gasteiger partial charge in [0, 0.05) is 30.5 Å². The fourth-order valence-corrected chi connectivity index (χ4v) is 2.94. The Bertz CT molecular complexity index is 907. The molecule has 3 rings (SSSR count). The summed E-state index contributed by atoms with van der Waals surface area (Å²) in [5, 5.41) is 5.57. The number of methoxy groups -OCH3 is 1. The number of carbonyl (C=O) groups excluding carboxylic acids is 2. The molecule has 1 heterocycles. The first-order chi connectivity index (χ1) is 14.0. The standard InChI is InChI=1S/C22H25N3O4/c1-15(2)29-19-10-4-16(14-20(19)28-3)5-11-21(26)24-17-6-8-18(9-7-17)25-13-12-23-22(25)27/h4-11,14-15H,12-13H2,1-3H3,(H,23,27)(H,24,26)/b11-5+. The molecule has 7 nitrogen and oxygen atoms in total. The maximum absolute atomic E-state index is 12.2. The minimum absolute atomic E-state index is 0.0438. The predicted octanol–water partition coefficient (Wildman–Crippen LogP) is 3.66. The Morgan fingerprint density at radius 3 is 2.55 bits per heavy atom. The maximum Gasteiger partial charge on any atom is 0.321 e. The Morgan fingerprint density at radius 2 is 1.93 bits per heavy atom. The van der Waals surface area contributed by atoms with Crippen LogP contribution < -0.4 is 25.0 Å². The minimum atomic E-state index is -0.252. The number of carbonyl (C=O) groups is 2. The van der Waals surface area contributed by atoms with Crippen LogP contribution in [0.25, 0.3) is 6.08 Å². The molecule has 0 radical (unpaired) electrons. The van der Waals surface area contributed by atoms with Crippen molar-refractivity contribution in [3.05, 3.63) is 54.1 Å². The molecular weight excluding hydrogens is 370 g/mol. The Labute approximate surface area is 170 Å². The van der Waals surface area contributed by atoms with Crippen LogP contribution in [0.2, 0.25) is 0 Å². The van der Waals surface area contributed by atoms with Gasteiger partial charge < -0.3 is 20.1 Å². The van der Waals surface area contributed by atoms with Crippen molar-refractivity contribution in [3.8, 4) is 11.5 Å². The lowest BCUT2D eigenvalue weighted by Gasteiger charge is -2.14. The number of nitrogens with one attached hydrogen (secondary N) is 2. The number of ether oxygens (including phenoxy) is 2. The Morgan fingerprint density at radius 1 is 1.17 bits per heavy atom. The van der Waals surface area contributed by atoms with Gasteiger partial charge in [0.15, 0.2) is 11.5 Å². The van der Waals surface area contributed by atoms with Gasteiger partial charge in [0.2, 0.25) is 5.91 Å². The smallest absolute Gasteiger partial charge is 0.321 e. The zero-order valence-corrected chi connectivity index (χ0v) is 16.8. The van der Waals surface area contributed by atoms with Crippen molar-refractivity contribution >= 4 is 29.4 Å². The lowest BCUT2D eigenvalue weighted by molar-refractivity contribution is -0.111. The zero-order chi connectivity index (χ0) is 20.8. The highest BCUT2D eigenvalue weighted by atomic mass is 16.5. The second-order valence-electron chi connectivity index (χ2n) is 6.83. The lowest BCUT2D eigenvalue weighted by atomic mass is 10.2. The molecule has 0 spiro atoms. The fraction of sp³-hybridized carbons (Fsp3) is 0.273. The predicted molar refractivity (Wildman–Crippen MR) is 114 cm³/mol. The molecule has 0 atom stereocenters. The molecule has 0 unspecified atom stereocenters. The molecule has 0 saturated carbocycles. The van der Waals surface area contributed by atoms with E-state index < -0.39 is 0 Å². The van der Waals surface area contributed by atoms with Crippen LogP contribution in [0.15, 0.2) is 48.5 Å². The fourth-order valence-electron chi connectivity index (χ4n) is 2.94. The largest absolute Gasteiger partial charge is 0.493 e. The van der Waals surface area contributed by atoms with Gasteiger partial charge in [-0.2, -0.15) is 0 Å². The second kappa shape index (κ2) is 9.14. The van der Waals surface area contributed by atoms with Gasteiger partial charge in [-0.25, -0.2) is 4.79 Å². The number of rotatable bonds is 7. The first-order valence-electron chi connectivity index (χ1n) is 9.45. The zero-order valence-electron chi connectivity index (χ0n) is 16.8. The average Bonchev–Trinajstić information content (AvgIpc) is 3.13. The summed E-state index contributed by atoms with van der Waals surface area (Å²) in [4.78, 5) is 25.6. The molecule has 152 valence electrons. The van der Waals surface area contributed by atoms with E-state index in [1.54, 1.807) is 30.2 Å². The van der Waals surface area contributed by atoms with Crippen molar-refractivity contribution in [3.63, 3.8) is 0 Å². The topological polar surface area (TPSA) is 79.9 Å². The van der Waals surface area contributed by atoms with E-state index in [1.165, 1.54) is 6.08 Å². The van der Waals surface area contributed by atoms with Crippen LogP contribution in [0.1, 0.15) is 19.4 Å². The summed E-state index contributed by atoms with van der Waals surface area (Å²) in [6.45, 7) is 5.17. The van der Waals surface area contributed by atoms with Crippen molar-refractivity contribution in [2.24, 2.45) is 0 Å². The van der Waals surface area contributed by atoms with Crippen LogP contribution >= 0.6 is 0 Å². The summed E-state index contributed by atoms with van der Waals surface area (Å²) in [6.07, 6.45) is 3.21. The molecule has 0 aromatic heterocycles. The van der Waals surface area contributed by atoms with Gasteiger partial charge in [0.25, 0.3) is 0 Å². The van der Waals surface area contributed by atoms with Gasteiger partial charge in [-0.15, -0.1) is 0 Å². The first-order valence-corrected chi connectivity index (χ1v) is 9.45. The van der Waals surface area contributed by atoms with Crippen LogP contribution in [-0.2, 0) is 4.79 Å². The minimum Gasteiger partial charge on any atom is -0.493 e. The molecule has 3 amide bonds. The molecule has 1 saturated heterocycles. The van der Waals surface area contributed by atoms with Gasteiger partial charge >= 0.3 is 6.03 Å². The molecule has 1 fully saturated rings. The molecule has 7 heteroatoms. The molecule has 0 aliphatic carbocycles. The number of hydrogen-bond donors (Lipinski definition) is 2. The molecule has 1 aliphatic rings. The van der Waals surface area contributed by atoms with Gasteiger partial charge in [0.05, 0.1) is 13.2 Å². The quantitative estimate of drug-likeness (QED) is 0.701. The Kier molecular flexibility index (Phi) is 6.39. The van der Waals surface area contributed by atoms with Crippen LogP contribution in [0.3, 0.4) is 0 Å². The van der Waals surface area contributed by atoms with E-state index >= 15 is 0 Å². The number of urea groups is 1. The summed E-state index contributed by atoms with van der Waals surface area (Å²) >= 11 is 0. The average molecular weight is 395 g/mol. The molecule has 2 N–H and O–H groups in total. The number of nitrogens with zero attached hydrogens (tertiary/aromatic N) is 1. The monoisotopic (exact) mass is 395 g/mol. The Balaban J connectivity index is 1.61. The second-order valence-corrected chi connectivity index (χ2v) is 6.83. The van der Waals surface area contributed by atoms with Crippen molar-refractivity contribution in [1.29, 1.82) is 0 Å². The highest BCUT2D eigenvalue weighted by molar-refractivity contribution is 6.02. The van der Waals surface area contributed by atoms with Crippen molar-refractivity contribution in [1.82, 2.24) is 5.32 Å². The Hall–Kier alpha value is -3.48. The van der Waals surface area contributed by atoms with E-state index in [-0.39, 0.29) is 18.0 Å². The van der Waals surface area contributed by atoms with Crippen LogP contribution in [0.5, 0.6) is 11.5 Å². The molecule has 0 bridgehead atoms. The summed E-state index contributed by atoms with van der Waals surface area (Å²) in [7, 11) is 1.58. The lowest BCUT2D eigenvalue weighted by Crippen LogP contribution is -2.27. The normalized spacial score (nSPS) is 13.7. The van der Waals surface area contributed by atoms with E-state index in [9.17, 15) is 9.59 Å². The van der Waals surface area contributed by atoms with Crippen molar-refractivity contribution in [2.75, 3.05) is 30.4 Å². The number of benzene rings is 2. The van der Waals surface area contributed by atoms with Gasteiger partial charge in [-0.3, -0.25) is 9.69 Å². The van der Waals surface area contributed by atoms with Crippen LogP contribution in [-0.4, -0.2) is 38.2 Å². The van der Waals surface area contributed by atoms with Crippen molar-refractivity contribution < 1.29 is 19.1 Å². The summed E-state index contributed by atoms with van der Waals surface area (Å²) in [6, 6.07) is 12.6. The number of hydrogen-bond acceptors (Lipinski definition) is 4. The molecule has 1 aliphatic heterocycles. The highest BCUT2D eigenvalue weighted by Gasteiger charge is 2.20. The highest BCUT2D eigenvalue weighted by Crippen LogP contribution is 2.29. The van der Waals surface area contributed by atoms with Gasteiger partial charge in [-0.05, 0) is 61.9 Å². The summed E-state index contributed by atoms with van der Waals surface area (Å²) in [5.74, 6) is 1.02. The SMILES string of the molecule is COc1cc(/C=C/C(=O)Nc2ccc(N3CCNC3=O)cc2)ccc1OC(C)C. The molecule has 2 aromatic carbocycles. The summed E-state index contributed by atoms with van der Waals surface area (Å²) in [5.41, 5.74) is 2.27. The maximum atomic E-state index is 12.2. The van der Waals surface area contributed by atoms with E-state index in [0.29, 0.717) is 30.3 Å². The first kappa shape index (κ1) is 20.3. The molecular formula is C22H25N3O4. The van der Waals surface area contributed by atoms with E-state index in [1.807, 2.05) is 44.2 Å². The molecule has 29 heavy (non-hydrogen) atoms. The van der Waals surface area contributed by atoms with E-state index in [0.717, 1.165) is 11.3 Å². The third-order valence-electron chi connectivity index (χ3n) is 4.28. The van der Waals surface area contributed by atoms with Crippen LogP contribution in [0.4, 0.5) is 16.2 Å². The van der Waals surface area contributed by atoms with Gasteiger partial charge in [-0.1, -0.05) is 6.07 Å². The van der Waals surface area contributed by atoms with E-state index in [4.69, 9.17) is 9.47 Å². The van der Waals surface area contributed by atoms with E-state index in [2.05, 4.69) is 10.6 Å². The van der Waals surface area contributed by atoms with Gasteiger partial charge in [0.1, 0.15) is 0 Å². The summed E-state index contributed by atoms with van der Waals surface area (Å²) < 4.78 is 11.1.